The van der Waals surface area contributed by atoms with E-state index in [1.807, 2.05) is 43.5 Å². The first-order valence-electron chi connectivity index (χ1n) is 5.56. The molecule has 18 heavy (non-hydrogen) atoms. The molecule has 0 aliphatic rings. The van der Waals surface area contributed by atoms with Gasteiger partial charge < -0.3 is 0 Å². The first-order chi connectivity index (χ1) is 8.61. The van der Waals surface area contributed by atoms with Crippen LogP contribution in [0.2, 0.25) is 5.02 Å². The standard InChI is InChI=1S/C15H13ClOS/c1-10-3-6-12(16)9-14(10)15(17)11-4-7-13(18-2)8-5-11/h3-9H,1-2H3. The van der Waals surface area contributed by atoms with Crippen LogP contribution in [0.25, 0.3) is 0 Å². The van der Waals surface area contributed by atoms with Crippen LogP contribution < -0.4 is 0 Å². The summed E-state index contributed by atoms with van der Waals surface area (Å²) in [5, 5.41) is 0.588. The second-order valence-corrected chi connectivity index (χ2v) is 5.33. The van der Waals surface area contributed by atoms with Gasteiger partial charge >= 0.3 is 0 Å². The Hall–Kier alpha value is -1.25. The van der Waals surface area contributed by atoms with Crippen LogP contribution in [-0.2, 0) is 0 Å². The van der Waals surface area contributed by atoms with Crippen molar-refractivity contribution in [2.45, 2.75) is 11.8 Å². The highest BCUT2D eigenvalue weighted by Gasteiger charge is 2.12. The smallest absolute Gasteiger partial charge is 0.193 e. The molecule has 0 fully saturated rings. The van der Waals surface area contributed by atoms with Gasteiger partial charge in [-0.2, -0.15) is 0 Å². The fraction of sp³-hybridized carbons (Fsp3) is 0.133. The van der Waals surface area contributed by atoms with Crippen molar-refractivity contribution in [2.24, 2.45) is 0 Å². The molecule has 0 N–H and O–H groups in total. The van der Waals surface area contributed by atoms with E-state index in [1.165, 1.54) is 0 Å². The van der Waals surface area contributed by atoms with E-state index in [9.17, 15) is 4.79 Å². The van der Waals surface area contributed by atoms with Crippen molar-refractivity contribution in [1.82, 2.24) is 0 Å². The molecule has 2 rings (SSSR count). The van der Waals surface area contributed by atoms with Gasteiger partial charge in [0.1, 0.15) is 0 Å². The van der Waals surface area contributed by atoms with Gasteiger partial charge in [0.25, 0.3) is 0 Å². The third-order valence-electron chi connectivity index (χ3n) is 2.80. The van der Waals surface area contributed by atoms with E-state index in [2.05, 4.69) is 0 Å². The van der Waals surface area contributed by atoms with Crippen molar-refractivity contribution in [3.63, 3.8) is 0 Å². The molecule has 3 heteroatoms. The van der Waals surface area contributed by atoms with Gasteiger partial charge in [-0.3, -0.25) is 4.79 Å². The van der Waals surface area contributed by atoms with Crippen molar-refractivity contribution in [3.8, 4) is 0 Å². The molecule has 0 unspecified atom stereocenters. The SMILES string of the molecule is CSc1ccc(C(=O)c2cc(Cl)ccc2C)cc1. The number of carbonyl (C=O) groups is 1. The molecule has 0 aliphatic carbocycles. The van der Waals surface area contributed by atoms with E-state index < -0.39 is 0 Å². The Bertz CT molecular complexity index is 576. The Balaban J connectivity index is 2.38. The van der Waals surface area contributed by atoms with Gasteiger partial charge in [0.05, 0.1) is 0 Å². The van der Waals surface area contributed by atoms with Gasteiger partial charge in [-0.25, -0.2) is 0 Å². The minimum atomic E-state index is 0.0163. The van der Waals surface area contributed by atoms with Crippen molar-refractivity contribution in [1.29, 1.82) is 0 Å². The number of benzene rings is 2. The molecule has 92 valence electrons. The van der Waals surface area contributed by atoms with Crippen LogP contribution in [0.3, 0.4) is 0 Å². The van der Waals surface area contributed by atoms with E-state index >= 15 is 0 Å². The molecular weight excluding hydrogens is 264 g/mol. The largest absolute Gasteiger partial charge is 0.289 e. The first kappa shape index (κ1) is 13.2. The van der Waals surface area contributed by atoms with E-state index in [0.717, 1.165) is 10.5 Å². The Morgan fingerprint density at radius 1 is 1.11 bits per heavy atom. The van der Waals surface area contributed by atoms with Crippen LogP contribution in [-0.4, -0.2) is 12.0 Å². The molecule has 0 aromatic heterocycles. The molecule has 0 radical (unpaired) electrons. The second-order valence-electron chi connectivity index (χ2n) is 4.02. The number of aryl methyl sites for hydroxylation is 1. The summed E-state index contributed by atoms with van der Waals surface area (Å²) in [5.74, 6) is 0.0163. The molecule has 2 aromatic carbocycles. The van der Waals surface area contributed by atoms with Crippen LogP contribution in [0, 0.1) is 6.92 Å². The molecule has 0 saturated heterocycles. The molecule has 2 aromatic rings. The maximum atomic E-state index is 12.4. The Morgan fingerprint density at radius 3 is 2.39 bits per heavy atom. The quantitative estimate of drug-likeness (QED) is 0.602. The zero-order valence-corrected chi connectivity index (χ0v) is 11.8. The molecule has 0 atom stereocenters. The minimum Gasteiger partial charge on any atom is -0.289 e. The highest BCUT2D eigenvalue weighted by Crippen LogP contribution is 2.21. The summed E-state index contributed by atoms with van der Waals surface area (Å²) in [7, 11) is 0. The number of hydrogen-bond acceptors (Lipinski definition) is 2. The van der Waals surface area contributed by atoms with Crippen LogP contribution >= 0.6 is 23.4 Å². The van der Waals surface area contributed by atoms with Crippen molar-refractivity contribution in [2.75, 3.05) is 6.26 Å². The summed E-state index contributed by atoms with van der Waals surface area (Å²) >= 11 is 7.60. The lowest BCUT2D eigenvalue weighted by molar-refractivity contribution is 0.103. The molecule has 1 nitrogen and oxygen atoms in total. The molecule has 0 heterocycles. The van der Waals surface area contributed by atoms with Gasteiger partial charge in [-0.1, -0.05) is 17.7 Å². The number of halogens is 1. The number of thioether (sulfide) groups is 1. The first-order valence-corrected chi connectivity index (χ1v) is 7.17. The maximum absolute atomic E-state index is 12.4. The normalized spacial score (nSPS) is 10.4. The predicted molar refractivity (Wildman–Crippen MR) is 77.8 cm³/mol. The van der Waals surface area contributed by atoms with E-state index in [1.54, 1.807) is 23.9 Å². The van der Waals surface area contributed by atoms with Crippen molar-refractivity contribution < 1.29 is 4.79 Å². The molecule has 0 aliphatic heterocycles. The number of ketones is 1. The summed E-state index contributed by atoms with van der Waals surface area (Å²) in [5.41, 5.74) is 2.30. The summed E-state index contributed by atoms with van der Waals surface area (Å²) in [6.07, 6.45) is 2.01. The van der Waals surface area contributed by atoms with Gasteiger partial charge in [-0.05, 0) is 55.1 Å². The zero-order valence-electron chi connectivity index (χ0n) is 10.2. The Morgan fingerprint density at radius 2 is 1.78 bits per heavy atom. The van der Waals surface area contributed by atoms with Gasteiger partial charge in [-0.15, -0.1) is 11.8 Å². The number of hydrogen-bond donors (Lipinski definition) is 0. The van der Waals surface area contributed by atoms with Gasteiger partial charge in [0, 0.05) is 21.0 Å². The highest BCUT2D eigenvalue weighted by molar-refractivity contribution is 7.98. The average Bonchev–Trinajstić information content (AvgIpc) is 2.41. The summed E-state index contributed by atoms with van der Waals surface area (Å²) in [6, 6.07) is 13.0. The summed E-state index contributed by atoms with van der Waals surface area (Å²) in [6.45, 7) is 1.92. The maximum Gasteiger partial charge on any atom is 0.193 e. The molecule has 0 amide bonds. The lowest BCUT2D eigenvalue weighted by Gasteiger charge is -2.06. The van der Waals surface area contributed by atoms with Gasteiger partial charge in [0.15, 0.2) is 5.78 Å². The van der Waals surface area contributed by atoms with Crippen LogP contribution in [0.4, 0.5) is 0 Å². The van der Waals surface area contributed by atoms with Crippen LogP contribution in [0.1, 0.15) is 21.5 Å². The Labute approximate surface area is 116 Å². The topological polar surface area (TPSA) is 17.1 Å². The second kappa shape index (κ2) is 5.59. The number of rotatable bonds is 3. The van der Waals surface area contributed by atoms with Crippen molar-refractivity contribution in [3.05, 3.63) is 64.2 Å². The zero-order chi connectivity index (χ0) is 13.1. The lowest BCUT2D eigenvalue weighted by Crippen LogP contribution is -2.03. The van der Waals surface area contributed by atoms with E-state index in [-0.39, 0.29) is 5.78 Å². The minimum absolute atomic E-state index is 0.0163. The van der Waals surface area contributed by atoms with Crippen molar-refractivity contribution >= 4 is 29.1 Å². The fourth-order valence-electron chi connectivity index (χ4n) is 1.74. The number of carbonyl (C=O) groups excluding carboxylic acids is 1. The molecule has 0 spiro atoms. The third-order valence-corrected chi connectivity index (χ3v) is 3.78. The van der Waals surface area contributed by atoms with Gasteiger partial charge in [0.2, 0.25) is 0 Å². The lowest BCUT2D eigenvalue weighted by atomic mass is 9.99. The summed E-state index contributed by atoms with van der Waals surface area (Å²) < 4.78 is 0. The average molecular weight is 277 g/mol. The van der Waals surface area contributed by atoms with Crippen LogP contribution in [0.15, 0.2) is 47.4 Å². The molecule has 0 bridgehead atoms. The predicted octanol–water partition coefficient (Wildman–Crippen LogP) is 4.60. The van der Waals surface area contributed by atoms with E-state index in [4.69, 9.17) is 11.6 Å². The van der Waals surface area contributed by atoms with E-state index in [0.29, 0.717) is 16.1 Å². The highest BCUT2D eigenvalue weighted by atomic mass is 35.5. The Kier molecular flexibility index (Phi) is 4.10. The molecule has 0 saturated carbocycles. The monoisotopic (exact) mass is 276 g/mol. The summed E-state index contributed by atoms with van der Waals surface area (Å²) in [4.78, 5) is 13.5. The third kappa shape index (κ3) is 2.77. The molecular formula is C15H13ClOS. The fourth-order valence-corrected chi connectivity index (χ4v) is 2.32. The van der Waals surface area contributed by atoms with Crippen LogP contribution in [0.5, 0.6) is 0 Å².